The molecule has 0 aliphatic carbocycles. The maximum absolute atomic E-state index is 14.0. The van der Waals surface area contributed by atoms with Crippen molar-refractivity contribution < 1.29 is 36.5 Å². The average Bonchev–Trinajstić information content (AvgIpc) is 3.18. The van der Waals surface area contributed by atoms with Gasteiger partial charge in [-0.2, -0.15) is 0 Å². The van der Waals surface area contributed by atoms with E-state index < -0.39 is 18.5 Å². The van der Waals surface area contributed by atoms with E-state index in [2.05, 4.69) is 15.4 Å². The summed E-state index contributed by atoms with van der Waals surface area (Å²) >= 11 is 0. The molecule has 0 radical (unpaired) electrons. The molecule has 2 aromatic carbocycles. The van der Waals surface area contributed by atoms with Gasteiger partial charge in [-0.15, -0.1) is 17.6 Å². The predicted octanol–water partition coefficient (Wildman–Crippen LogP) is 5.65. The Morgan fingerprint density at radius 1 is 0.839 bits per heavy atom. The number of benzene rings is 2. The molecule has 0 fully saturated rings. The summed E-state index contributed by atoms with van der Waals surface area (Å²) in [5.74, 6) is -1.20. The van der Waals surface area contributed by atoms with E-state index in [1.807, 2.05) is 13.8 Å². The van der Waals surface area contributed by atoms with Gasteiger partial charge in [0.2, 0.25) is 0 Å². The molecule has 2 heterocycles. The number of halogens is 4. The Hall–Kier alpha value is -3.04. The Labute approximate surface area is 176 Å². The molecular formula is C21H22F4N2O4. The van der Waals surface area contributed by atoms with Crippen LogP contribution < -0.4 is 29.6 Å². The van der Waals surface area contributed by atoms with Crippen molar-refractivity contribution in [3.8, 4) is 23.0 Å². The van der Waals surface area contributed by atoms with Crippen molar-refractivity contribution in [2.24, 2.45) is 0 Å². The van der Waals surface area contributed by atoms with Gasteiger partial charge in [0.15, 0.2) is 23.0 Å². The fourth-order valence-electron chi connectivity index (χ4n) is 3.90. The van der Waals surface area contributed by atoms with Crippen LogP contribution in [0.1, 0.15) is 43.4 Å². The molecule has 10 heteroatoms. The van der Waals surface area contributed by atoms with Gasteiger partial charge in [0.1, 0.15) is 0 Å². The third-order valence-electron chi connectivity index (χ3n) is 5.20. The second-order valence-electron chi connectivity index (χ2n) is 7.27. The van der Waals surface area contributed by atoms with Crippen molar-refractivity contribution in [1.82, 2.24) is 0 Å². The zero-order valence-electron chi connectivity index (χ0n) is 17.4. The Bertz CT molecular complexity index is 1030. The van der Waals surface area contributed by atoms with Gasteiger partial charge in [-0.1, -0.05) is 6.92 Å². The second-order valence-corrected chi connectivity index (χ2v) is 7.27. The van der Waals surface area contributed by atoms with E-state index in [0.717, 1.165) is 0 Å². The predicted molar refractivity (Wildman–Crippen MR) is 106 cm³/mol. The molecule has 1 atom stereocenters. The van der Waals surface area contributed by atoms with E-state index in [0.29, 0.717) is 41.2 Å². The van der Waals surface area contributed by atoms with Crippen LogP contribution in [-0.2, 0) is 0 Å². The lowest BCUT2D eigenvalue weighted by atomic mass is 9.88. The monoisotopic (exact) mass is 442 g/mol. The van der Waals surface area contributed by atoms with Gasteiger partial charge in [0.05, 0.1) is 0 Å². The van der Waals surface area contributed by atoms with Crippen molar-refractivity contribution >= 4 is 11.4 Å². The summed E-state index contributed by atoms with van der Waals surface area (Å²) in [6, 6.07) is 4.63. The van der Waals surface area contributed by atoms with Crippen molar-refractivity contribution in [3.63, 3.8) is 0 Å². The number of ether oxygens (including phenoxy) is 4. The smallest absolute Gasteiger partial charge is 0.395 e. The summed E-state index contributed by atoms with van der Waals surface area (Å²) in [4.78, 5) is 0. The number of alkyl halides is 4. The van der Waals surface area contributed by atoms with Gasteiger partial charge >= 0.3 is 12.6 Å². The van der Waals surface area contributed by atoms with Crippen LogP contribution in [0.15, 0.2) is 18.2 Å². The number of fused-ring (bicyclic) bond motifs is 2. The third-order valence-corrected chi connectivity index (χ3v) is 5.20. The Balaban J connectivity index is 1.90. The molecule has 31 heavy (non-hydrogen) atoms. The highest BCUT2D eigenvalue weighted by Gasteiger charge is 2.48. The fourth-order valence-corrected chi connectivity index (χ4v) is 3.90. The van der Waals surface area contributed by atoms with Crippen LogP contribution >= 0.6 is 0 Å². The van der Waals surface area contributed by atoms with Gasteiger partial charge in [0, 0.05) is 47.1 Å². The number of rotatable bonds is 6. The minimum absolute atomic E-state index is 0.0922. The van der Waals surface area contributed by atoms with E-state index in [1.165, 1.54) is 6.07 Å². The number of anilines is 2. The van der Waals surface area contributed by atoms with Gasteiger partial charge in [-0.3, -0.25) is 0 Å². The van der Waals surface area contributed by atoms with Gasteiger partial charge in [-0.05, 0) is 39.0 Å². The van der Waals surface area contributed by atoms with Crippen molar-refractivity contribution in [1.29, 1.82) is 0 Å². The van der Waals surface area contributed by atoms with Crippen LogP contribution in [-0.4, -0.2) is 25.7 Å². The first-order chi connectivity index (χ1) is 14.6. The highest BCUT2D eigenvalue weighted by Crippen LogP contribution is 2.55. The zero-order valence-corrected chi connectivity index (χ0v) is 17.4. The highest BCUT2D eigenvalue weighted by molar-refractivity contribution is 5.72. The van der Waals surface area contributed by atoms with Crippen LogP contribution in [0.2, 0.25) is 0 Å². The molecule has 168 valence electrons. The molecule has 2 aliphatic heterocycles. The van der Waals surface area contributed by atoms with E-state index in [1.54, 1.807) is 26.0 Å². The minimum Gasteiger partial charge on any atom is -0.395 e. The van der Waals surface area contributed by atoms with Crippen molar-refractivity contribution in [2.75, 3.05) is 23.7 Å². The van der Waals surface area contributed by atoms with E-state index >= 15 is 0 Å². The van der Waals surface area contributed by atoms with Crippen LogP contribution in [0.5, 0.6) is 23.0 Å². The highest BCUT2D eigenvalue weighted by atomic mass is 19.3. The average molecular weight is 442 g/mol. The largest absolute Gasteiger partial charge is 0.586 e. The topological polar surface area (TPSA) is 61.0 Å². The summed E-state index contributed by atoms with van der Waals surface area (Å²) in [7, 11) is 0. The molecule has 1 unspecified atom stereocenters. The normalized spacial score (nSPS) is 18.1. The van der Waals surface area contributed by atoms with Crippen molar-refractivity contribution in [2.45, 2.75) is 46.2 Å². The summed E-state index contributed by atoms with van der Waals surface area (Å²) in [6.07, 6.45) is -7.65. The molecule has 2 aromatic rings. The SMILES string of the molecule is CCNc1cc(C(C)c2c(NCC)ccc3c2OC(F)(F)O3)c2c(c1C)OC(F)(F)O2. The van der Waals surface area contributed by atoms with E-state index in [4.69, 9.17) is 14.2 Å². The molecule has 0 amide bonds. The molecular weight excluding hydrogens is 420 g/mol. The standard InChI is InChI=1S/C21H22F4N2O4/c1-5-26-13-7-8-15-19(31-20(22,23)28-15)16(13)10(3)12-9-14(27-6-2)11(4)17-18(12)30-21(24,25)29-17/h7-10,26-27H,5-6H2,1-4H3. The lowest BCUT2D eigenvalue weighted by Crippen LogP contribution is -2.26. The Morgan fingerprint density at radius 2 is 1.42 bits per heavy atom. The van der Waals surface area contributed by atoms with Crippen LogP contribution in [0.3, 0.4) is 0 Å². The van der Waals surface area contributed by atoms with Crippen LogP contribution in [0.4, 0.5) is 28.9 Å². The van der Waals surface area contributed by atoms with Crippen LogP contribution in [0.25, 0.3) is 0 Å². The molecule has 0 aromatic heterocycles. The summed E-state index contributed by atoms with van der Waals surface area (Å²) in [5, 5.41) is 6.22. The molecule has 4 rings (SSSR count). The maximum atomic E-state index is 14.0. The summed E-state index contributed by atoms with van der Waals surface area (Å²) < 4.78 is 74.6. The second kappa shape index (κ2) is 7.28. The first-order valence-corrected chi connectivity index (χ1v) is 9.90. The molecule has 0 spiro atoms. The lowest BCUT2D eigenvalue weighted by Gasteiger charge is -2.22. The number of hydrogen-bond donors (Lipinski definition) is 2. The Kier molecular flexibility index (Phi) is 4.98. The Morgan fingerprint density at radius 3 is 2.10 bits per heavy atom. The van der Waals surface area contributed by atoms with Gasteiger partial charge in [-0.25, -0.2) is 0 Å². The lowest BCUT2D eigenvalue weighted by molar-refractivity contribution is -0.287. The van der Waals surface area contributed by atoms with Gasteiger partial charge in [0.25, 0.3) is 0 Å². The number of nitrogens with one attached hydrogen (secondary N) is 2. The minimum atomic E-state index is -3.83. The van der Waals surface area contributed by atoms with Crippen LogP contribution in [0, 0.1) is 6.92 Å². The first kappa shape index (κ1) is 21.2. The molecule has 2 N–H and O–H groups in total. The third kappa shape index (κ3) is 3.64. The quantitative estimate of drug-likeness (QED) is 0.564. The molecule has 6 nitrogen and oxygen atoms in total. The van der Waals surface area contributed by atoms with Crippen molar-refractivity contribution in [3.05, 3.63) is 34.9 Å². The van der Waals surface area contributed by atoms with E-state index in [9.17, 15) is 17.6 Å². The molecule has 0 saturated heterocycles. The van der Waals surface area contributed by atoms with E-state index in [-0.39, 0.29) is 23.0 Å². The molecule has 0 bridgehead atoms. The first-order valence-electron chi connectivity index (χ1n) is 9.90. The summed E-state index contributed by atoms with van der Waals surface area (Å²) in [6.45, 7) is 8.08. The zero-order chi connectivity index (χ0) is 22.6. The molecule has 2 aliphatic rings. The fraction of sp³-hybridized carbons (Fsp3) is 0.429. The van der Waals surface area contributed by atoms with Gasteiger partial charge < -0.3 is 29.6 Å². The summed E-state index contributed by atoms with van der Waals surface area (Å²) in [5.41, 5.74) is 2.22. The maximum Gasteiger partial charge on any atom is 0.586 e. The number of hydrogen-bond acceptors (Lipinski definition) is 6. The molecule has 0 saturated carbocycles.